The van der Waals surface area contributed by atoms with Crippen LogP contribution in [0.15, 0.2) is 18.2 Å². The van der Waals surface area contributed by atoms with Gasteiger partial charge in [-0.05, 0) is 39.3 Å². The summed E-state index contributed by atoms with van der Waals surface area (Å²) in [6.07, 6.45) is 2.28. The highest BCUT2D eigenvalue weighted by atomic mass is 19.1. The summed E-state index contributed by atoms with van der Waals surface area (Å²) < 4.78 is 18.5. The lowest BCUT2D eigenvalue weighted by atomic mass is 10.2. The zero-order valence-electron chi connectivity index (χ0n) is 11.1. The summed E-state index contributed by atoms with van der Waals surface area (Å²) in [5, 5.41) is 12.6. The van der Waals surface area contributed by atoms with E-state index in [2.05, 4.69) is 5.32 Å². The van der Waals surface area contributed by atoms with Gasteiger partial charge in [-0.2, -0.15) is 0 Å². The molecule has 1 rings (SSSR count). The first-order chi connectivity index (χ1) is 8.61. The normalized spacial score (nSPS) is 11.1. The van der Waals surface area contributed by atoms with Crippen LogP contribution in [-0.2, 0) is 11.3 Å². The zero-order chi connectivity index (χ0) is 13.4. The number of halogens is 1. The number of unbranched alkanes of at least 4 members (excludes halogenated alkanes) is 1. The van der Waals surface area contributed by atoms with Crippen molar-refractivity contribution in [2.45, 2.75) is 39.3 Å². The number of hydrogen-bond donors (Lipinski definition) is 2. The Morgan fingerprint density at radius 3 is 2.83 bits per heavy atom. The maximum absolute atomic E-state index is 13.0. The van der Waals surface area contributed by atoms with Crippen molar-refractivity contribution in [1.29, 1.82) is 0 Å². The Bertz CT molecular complexity index is 356. The number of para-hydroxylation sites is 1. The van der Waals surface area contributed by atoms with Crippen molar-refractivity contribution >= 4 is 0 Å². The number of hydrogen-bond acceptors (Lipinski definition) is 3. The third kappa shape index (κ3) is 5.47. The van der Waals surface area contributed by atoms with Gasteiger partial charge in [-0.25, -0.2) is 4.39 Å². The highest BCUT2D eigenvalue weighted by Crippen LogP contribution is 2.20. The van der Waals surface area contributed by atoms with E-state index in [1.54, 1.807) is 12.1 Å². The number of rotatable bonds is 8. The minimum atomic E-state index is -0.570. The van der Waals surface area contributed by atoms with Gasteiger partial charge < -0.3 is 15.2 Å². The first-order valence-corrected chi connectivity index (χ1v) is 6.40. The van der Waals surface area contributed by atoms with Crippen LogP contribution in [-0.4, -0.2) is 24.4 Å². The standard InChI is InChI=1S/C14H22FNO2/c1-11(2)18-9-4-3-8-16-10-12-6-5-7-13(15)14(12)17/h5-7,11,16-17H,3-4,8-10H2,1-2H3. The lowest BCUT2D eigenvalue weighted by Crippen LogP contribution is -2.16. The van der Waals surface area contributed by atoms with Crippen molar-refractivity contribution < 1.29 is 14.2 Å². The molecule has 0 bridgehead atoms. The first kappa shape index (κ1) is 14.9. The van der Waals surface area contributed by atoms with Gasteiger partial charge in [0, 0.05) is 18.7 Å². The Kier molecular flexibility index (Phi) is 6.68. The van der Waals surface area contributed by atoms with Crippen LogP contribution >= 0.6 is 0 Å². The van der Waals surface area contributed by atoms with E-state index in [-0.39, 0.29) is 11.9 Å². The number of aromatic hydroxyl groups is 1. The van der Waals surface area contributed by atoms with Gasteiger partial charge in [0.1, 0.15) is 0 Å². The molecular formula is C14H22FNO2. The van der Waals surface area contributed by atoms with Crippen LogP contribution in [0.2, 0.25) is 0 Å². The van der Waals surface area contributed by atoms with E-state index in [1.807, 2.05) is 13.8 Å². The average Bonchev–Trinajstić information content (AvgIpc) is 2.32. The summed E-state index contributed by atoms with van der Waals surface area (Å²) >= 11 is 0. The van der Waals surface area contributed by atoms with Gasteiger partial charge in [-0.3, -0.25) is 0 Å². The Hall–Kier alpha value is -1.13. The molecule has 0 saturated carbocycles. The molecule has 1 aromatic rings. The summed E-state index contributed by atoms with van der Waals surface area (Å²) in [5.74, 6) is -0.826. The zero-order valence-corrected chi connectivity index (χ0v) is 11.1. The molecule has 0 aliphatic carbocycles. The van der Waals surface area contributed by atoms with E-state index in [4.69, 9.17) is 4.74 Å². The van der Waals surface area contributed by atoms with Crippen LogP contribution in [0.3, 0.4) is 0 Å². The number of nitrogens with one attached hydrogen (secondary N) is 1. The van der Waals surface area contributed by atoms with Crippen molar-refractivity contribution in [2.75, 3.05) is 13.2 Å². The highest BCUT2D eigenvalue weighted by molar-refractivity contribution is 5.33. The third-order valence-electron chi connectivity index (χ3n) is 2.58. The topological polar surface area (TPSA) is 41.5 Å². The molecular weight excluding hydrogens is 233 g/mol. The molecule has 0 heterocycles. The molecule has 0 amide bonds. The third-order valence-corrected chi connectivity index (χ3v) is 2.58. The molecule has 102 valence electrons. The molecule has 2 N–H and O–H groups in total. The summed E-state index contributed by atoms with van der Waals surface area (Å²) in [6, 6.07) is 4.57. The number of ether oxygens (including phenoxy) is 1. The summed E-state index contributed by atoms with van der Waals surface area (Å²) in [7, 11) is 0. The van der Waals surface area contributed by atoms with Crippen molar-refractivity contribution in [1.82, 2.24) is 5.32 Å². The molecule has 3 nitrogen and oxygen atoms in total. The van der Waals surface area contributed by atoms with E-state index in [9.17, 15) is 9.50 Å². The van der Waals surface area contributed by atoms with Crippen LogP contribution < -0.4 is 5.32 Å². The molecule has 18 heavy (non-hydrogen) atoms. The van der Waals surface area contributed by atoms with E-state index >= 15 is 0 Å². The van der Waals surface area contributed by atoms with E-state index in [0.29, 0.717) is 12.1 Å². The highest BCUT2D eigenvalue weighted by Gasteiger charge is 2.05. The summed E-state index contributed by atoms with van der Waals surface area (Å²) in [5.41, 5.74) is 0.591. The average molecular weight is 255 g/mol. The van der Waals surface area contributed by atoms with Crippen molar-refractivity contribution in [2.24, 2.45) is 0 Å². The molecule has 0 aromatic heterocycles. The van der Waals surface area contributed by atoms with E-state index < -0.39 is 5.82 Å². The van der Waals surface area contributed by atoms with Crippen LogP contribution in [0.4, 0.5) is 4.39 Å². The first-order valence-electron chi connectivity index (χ1n) is 6.40. The molecule has 0 saturated heterocycles. The minimum absolute atomic E-state index is 0.256. The fourth-order valence-corrected chi connectivity index (χ4v) is 1.60. The molecule has 0 spiro atoms. The maximum Gasteiger partial charge on any atom is 0.165 e. The maximum atomic E-state index is 13.0. The van der Waals surface area contributed by atoms with Gasteiger partial charge in [0.05, 0.1) is 6.10 Å². The molecule has 0 aliphatic rings. The molecule has 1 aromatic carbocycles. The Balaban J connectivity index is 2.13. The van der Waals surface area contributed by atoms with Crippen molar-refractivity contribution in [3.8, 4) is 5.75 Å². The van der Waals surface area contributed by atoms with Crippen molar-refractivity contribution in [3.05, 3.63) is 29.6 Å². The SMILES string of the molecule is CC(C)OCCCCNCc1cccc(F)c1O. The summed E-state index contributed by atoms with van der Waals surface area (Å²) in [6.45, 7) is 6.12. The number of phenols is 1. The predicted molar refractivity (Wildman–Crippen MR) is 70.1 cm³/mol. The molecule has 0 atom stereocenters. The second kappa shape index (κ2) is 8.06. The van der Waals surface area contributed by atoms with Gasteiger partial charge in [-0.15, -0.1) is 0 Å². The van der Waals surface area contributed by atoms with Gasteiger partial charge in [0.2, 0.25) is 0 Å². The Morgan fingerprint density at radius 2 is 2.11 bits per heavy atom. The number of phenolic OH excluding ortho intramolecular Hbond substituents is 1. The van der Waals surface area contributed by atoms with Gasteiger partial charge in [-0.1, -0.05) is 12.1 Å². The second-order valence-corrected chi connectivity index (χ2v) is 4.55. The lowest BCUT2D eigenvalue weighted by Gasteiger charge is -2.09. The second-order valence-electron chi connectivity index (χ2n) is 4.55. The molecule has 0 radical (unpaired) electrons. The predicted octanol–water partition coefficient (Wildman–Crippen LogP) is 2.83. The van der Waals surface area contributed by atoms with Crippen LogP contribution in [0, 0.1) is 5.82 Å². The Labute approximate surface area is 108 Å². The molecule has 0 unspecified atom stereocenters. The smallest absolute Gasteiger partial charge is 0.165 e. The van der Waals surface area contributed by atoms with E-state index in [1.165, 1.54) is 6.07 Å². The monoisotopic (exact) mass is 255 g/mol. The van der Waals surface area contributed by atoms with Crippen LogP contribution in [0.5, 0.6) is 5.75 Å². The Morgan fingerprint density at radius 1 is 1.33 bits per heavy atom. The van der Waals surface area contributed by atoms with Crippen LogP contribution in [0.1, 0.15) is 32.3 Å². The largest absolute Gasteiger partial charge is 0.505 e. The summed E-state index contributed by atoms with van der Waals surface area (Å²) in [4.78, 5) is 0. The van der Waals surface area contributed by atoms with E-state index in [0.717, 1.165) is 26.0 Å². The van der Waals surface area contributed by atoms with Gasteiger partial charge >= 0.3 is 0 Å². The number of benzene rings is 1. The van der Waals surface area contributed by atoms with Gasteiger partial charge in [0.15, 0.2) is 11.6 Å². The van der Waals surface area contributed by atoms with Gasteiger partial charge in [0.25, 0.3) is 0 Å². The quantitative estimate of drug-likeness (QED) is 0.702. The molecule has 4 heteroatoms. The fourth-order valence-electron chi connectivity index (χ4n) is 1.60. The minimum Gasteiger partial charge on any atom is -0.505 e. The van der Waals surface area contributed by atoms with Crippen molar-refractivity contribution in [3.63, 3.8) is 0 Å². The molecule has 0 aliphatic heterocycles. The fraction of sp³-hybridized carbons (Fsp3) is 0.571. The molecule has 0 fully saturated rings. The van der Waals surface area contributed by atoms with Crippen LogP contribution in [0.25, 0.3) is 0 Å². The lowest BCUT2D eigenvalue weighted by molar-refractivity contribution is 0.0760.